The van der Waals surface area contributed by atoms with E-state index in [0.29, 0.717) is 23.7 Å². The molecule has 1 heterocycles. The lowest BCUT2D eigenvalue weighted by Gasteiger charge is -2.43. The van der Waals surface area contributed by atoms with Crippen LogP contribution in [0.4, 0.5) is 14.5 Å². The first-order chi connectivity index (χ1) is 23.1. The van der Waals surface area contributed by atoms with Gasteiger partial charge in [0.1, 0.15) is 12.5 Å². The molecule has 6 nitrogen and oxygen atoms in total. The average molecular weight is 760 g/mol. The van der Waals surface area contributed by atoms with Gasteiger partial charge in [-0.2, -0.15) is 0 Å². The van der Waals surface area contributed by atoms with Gasteiger partial charge in [0.2, 0.25) is 11.8 Å². The molecule has 0 aromatic heterocycles. The number of benzene rings is 3. The maximum atomic E-state index is 15.7. The molecular weight excluding hydrogens is 713 g/mol. The monoisotopic (exact) mass is 758 g/mol. The summed E-state index contributed by atoms with van der Waals surface area (Å²) < 4.78 is 42.3. The number of anilines is 1. The van der Waals surface area contributed by atoms with E-state index in [1.165, 1.54) is 21.4 Å². The Hall–Kier alpha value is -2.56. The topological polar surface area (TPSA) is 59.1 Å². The Labute approximate surface area is 306 Å². The fourth-order valence-corrected chi connectivity index (χ4v) is 6.59. The molecule has 1 aliphatic rings. The van der Waals surface area contributed by atoms with Gasteiger partial charge in [-0.05, 0) is 100 Å². The number of carbonyl (C=O) groups is 2. The third kappa shape index (κ3) is 12.3. The molecule has 1 unspecified atom stereocenters. The largest absolute Gasteiger partial charge is 0.491 e. The lowest BCUT2D eigenvalue weighted by atomic mass is 9.82. The highest BCUT2D eigenvalue weighted by Crippen LogP contribution is 2.44. The summed E-state index contributed by atoms with van der Waals surface area (Å²) in [5.41, 5.74) is 1.56. The third-order valence-electron chi connectivity index (χ3n) is 7.73. The SMILES string of the molecule is CC(C)Oc1ccc(F)c(F)c1[C@@H]1C(C(=O)N(COCCS(C)(C)C)c2cccc(Cl)c2)CCC(=O)N1CCCCl.Cc1cccc(Cl)c1. The van der Waals surface area contributed by atoms with Crippen molar-refractivity contribution in [2.45, 2.75) is 52.2 Å². The minimum absolute atomic E-state index is 0.0610. The van der Waals surface area contributed by atoms with E-state index in [2.05, 4.69) is 18.8 Å². The quantitative estimate of drug-likeness (QED) is 0.0990. The van der Waals surface area contributed by atoms with E-state index in [-0.39, 0.29) is 61.2 Å². The fraction of sp³-hybridized carbons (Fsp3) is 0.459. The lowest BCUT2D eigenvalue weighted by Crippen LogP contribution is -2.50. The summed E-state index contributed by atoms with van der Waals surface area (Å²) >= 11 is 17.9. The van der Waals surface area contributed by atoms with Crippen molar-refractivity contribution in [1.82, 2.24) is 4.90 Å². The summed E-state index contributed by atoms with van der Waals surface area (Å²) in [6.45, 7) is 6.11. The molecular formula is C37H47Cl3F2N2O4S. The second kappa shape index (κ2) is 19.2. The van der Waals surface area contributed by atoms with Crippen LogP contribution in [-0.4, -0.2) is 73.1 Å². The van der Waals surface area contributed by atoms with Crippen molar-refractivity contribution in [3.05, 3.63) is 93.5 Å². The zero-order chi connectivity index (χ0) is 36.3. The van der Waals surface area contributed by atoms with Gasteiger partial charge in [-0.1, -0.05) is 41.4 Å². The second-order valence-corrected chi connectivity index (χ2v) is 18.9. The van der Waals surface area contributed by atoms with Gasteiger partial charge in [-0.3, -0.25) is 14.5 Å². The molecule has 0 radical (unpaired) electrons. The van der Waals surface area contributed by atoms with Crippen LogP contribution in [0.3, 0.4) is 0 Å². The molecule has 3 aromatic carbocycles. The number of alkyl halides is 1. The molecule has 1 fully saturated rings. The first-order valence-corrected chi connectivity index (χ1v) is 20.5. The van der Waals surface area contributed by atoms with E-state index >= 15 is 4.39 Å². The van der Waals surface area contributed by atoms with Crippen molar-refractivity contribution in [3.8, 4) is 5.75 Å². The van der Waals surface area contributed by atoms with Crippen LogP contribution in [-0.2, 0) is 14.3 Å². The molecule has 3 aromatic rings. The van der Waals surface area contributed by atoms with Gasteiger partial charge in [0, 0.05) is 40.3 Å². The lowest BCUT2D eigenvalue weighted by molar-refractivity contribution is -0.143. The number of hydrogen-bond donors (Lipinski definition) is 0. The molecule has 2 atom stereocenters. The number of piperidine rings is 1. The van der Waals surface area contributed by atoms with E-state index in [4.69, 9.17) is 44.3 Å². The molecule has 1 aliphatic heterocycles. The van der Waals surface area contributed by atoms with Gasteiger partial charge in [0.25, 0.3) is 0 Å². The predicted octanol–water partition coefficient (Wildman–Crippen LogP) is 9.66. The number of ether oxygens (including phenoxy) is 2. The van der Waals surface area contributed by atoms with Gasteiger partial charge < -0.3 is 14.4 Å². The molecule has 0 spiro atoms. The Morgan fingerprint density at radius 1 is 1.04 bits per heavy atom. The van der Waals surface area contributed by atoms with E-state index in [1.807, 2.05) is 31.2 Å². The molecule has 4 rings (SSSR count). The van der Waals surface area contributed by atoms with E-state index in [1.54, 1.807) is 38.1 Å². The maximum absolute atomic E-state index is 15.7. The molecule has 0 N–H and O–H groups in total. The molecule has 1 saturated heterocycles. The fourth-order valence-electron chi connectivity index (χ4n) is 5.42. The molecule has 0 saturated carbocycles. The van der Waals surface area contributed by atoms with Gasteiger partial charge >= 0.3 is 0 Å². The number of carbonyl (C=O) groups excluding carboxylic acids is 2. The average Bonchev–Trinajstić information content (AvgIpc) is 3.02. The highest BCUT2D eigenvalue weighted by Gasteiger charge is 2.45. The normalized spacial score (nSPS) is 16.7. The van der Waals surface area contributed by atoms with E-state index in [9.17, 15) is 14.0 Å². The summed E-state index contributed by atoms with van der Waals surface area (Å²) in [4.78, 5) is 30.6. The molecule has 0 bridgehead atoms. The van der Waals surface area contributed by atoms with Crippen LogP contribution in [0.1, 0.15) is 50.3 Å². The van der Waals surface area contributed by atoms with Gasteiger partial charge in [-0.25, -0.2) is 18.8 Å². The van der Waals surface area contributed by atoms with Gasteiger partial charge in [-0.15, -0.1) is 11.6 Å². The third-order valence-corrected chi connectivity index (χ3v) is 9.86. The van der Waals surface area contributed by atoms with Crippen LogP contribution < -0.4 is 9.64 Å². The molecule has 49 heavy (non-hydrogen) atoms. The van der Waals surface area contributed by atoms with Crippen LogP contribution in [0, 0.1) is 24.5 Å². The van der Waals surface area contributed by atoms with Crippen molar-refractivity contribution < 1.29 is 27.8 Å². The molecule has 0 aliphatic carbocycles. The molecule has 2 amide bonds. The predicted molar refractivity (Wildman–Crippen MR) is 201 cm³/mol. The number of rotatable bonds is 13. The minimum atomic E-state index is -1.14. The van der Waals surface area contributed by atoms with Crippen LogP contribution >= 0.6 is 44.8 Å². The Balaban J connectivity index is 0.000000710. The number of likely N-dealkylation sites (tertiary alicyclic amines) is 1. The standard InChI is InChI=1S/C30H40Cl2F2N2O4S.C7H7Cl/c1-20(2)40-25-12-11-24(33)28(34)27(25)29-23(10-13-26(37)35(29)15-7-14-31)30(38)36(19-39-16-17-41(3,4)5)22-9-6-8-21(32)18-22;1-6-3-2-4-7(8)5-6/h6,8-9,11-12,18,20,23,29H,7,10,13-17,19H2,1-5H3;2-5H,1H3/t23?,29-;/m0./s1. The maximum Gasteiger partial charge on any atom is 0.234 e. The number of halogens is 5. The number of nitrogens with zero attached hydrogens (tertiary/aromatic N) is 2. The number of aryl methyl sites for hydroxylation is 1. The summed E-state index contributed by atoms with van der Waals surface area (Å²) in [5, 5.41) is 1.24. The Morgan fingerprint density at radius 2 is 1.71 bits per heavy atom. The Bertz CT molecular complexity index is 1540. The summed E-state index contributed by atoms with van der Waals surface area (Å²) in [6.07, 6.45) is 6.81. The van der Waals surface area contributed by atoms with Crippen LogP contribution in [0.2, 0.25) is 10.0 Å². The summed E-state index contributed by atoms with van der Waals surface area (Å²) in [6, 6.07) is 15.8. The van der Waals surface area contributed by atoms with Crippen molar-refractivity contribution in [2.75, 3.05) is 55.2 Å². The first kappa shape index (κ1) is 40.9. The van der Waals surface area contributed by atoms with E-state index < -0.39 is 33.6 Å². The molecule has 12 heteroatoms. The summed E-state index contributed by atoms with van der Waals surface area (Å²) in [7, 11) is -0.820. The number of amides is 2. The Kier molecular flexibility index (Phi) is 16.0. The smallest absolute Gasteiger partial charge is 0.234 e. The zero-order valence-electron chi connectivity index (χ0n) is 29.0. The second-order valence-electron chi connectivity index (χ2n) is 13.0. The highest BCUT2D eigenvalue weighted by atomic mass is 35.5. The van der Waals surface area contributed by atoms with Crippen molar-refractivity contribution in [3.63, 3.8) is 0 Å². The highest BCUT2D eigenvalue weighted by molar-refractivity contribution is 8.32. The van der Waals surface area contributed by atoms with Crippen LogP contribution in [0.15, 0.2) is 60.7 Å². The first-order valence-electron chi connectivity index (χ1n) is 16.2. The van der Waals surface area contributed by atoms with Crippen LogP contribution in [0.5, 0.6) is 5.75 Å². The Morgan fingerprint density at radius 3 is 2.29 bits per heavy atom. The van der Waals surface area contributed by atoms with E-state index in [0.717, 1.165) is 16.8 Å². The van der Waals surface area contributed by atoms with Gasteiger partial charge in [0.05, 0.1) is 30.2 Å². The zero-order valence-corrected chi connectivity index (χ0v) is 32.1. The summed E-state index contributed by atoms with van der Waals surface area (Å²) in [5.74, 6) is -2.59. The van der Waals surface area contributed by atoms with Crippen LogP contribution in [0.25, 0.3) is 0 Å². The molecule has 270 valence electrons. The van der Waals surface area contributed by atoms with Crippen molar-refractivity contribution >= 4 is 62.3 Å². The van der Waals surface area contributed by atoms with Crippen molar-refractivity contribution in [1.29, 1.82) is 0 Å². The number of hydrogen-bond acceptors (Lipinski definition) is 4. The minimum Gasteiger partial charge on any atom is -0.491 e. The van der Waals surface area contributed by atoms with Gasteiger partial charge in [0.15, 0.2) is 11.6 Å². The van der Waals surface area contributed by atoms with Crippen molar-refractivity contribution in [2.24, 2.45) is 5.92 Å².